The third-order valence-electron chi connectivity index (χ3n) is 15.6. The van der Waals surface area contributed by atoms with Crippen LogP contribution in [0.4, 0.5) is 0 Å². The molecule has 6 aliphatic carbocycles. The number of rotatable bonds is 9. The number of benzene rings is 2. The average molecular weight is 905 g/mol. The predicted octanol–water partition coefficient (Wildman–Crippen LogP) is 11.5. The van der Waals surface area contributed by atoms with E-state index in [-0.39, 0.29) is 40.3 Å². The zero-order valence-electron chi connectivity index (χ0n) is 41.9. The molecule has 0 amide bonds. The number of methoxy groups -OCH3 is 1. The maximum Gasteiger partial charge on any atom is 0.339 e. The molecule has 2 aromatic rings. The second kappa shape index (κ2) is 19.7. The SMILES string of the molecule is CCC(C)(C)C(=O)OC.CCC(C)(C)C(=O)OC12CC3CC(CC(O)(C3)C1)C2.CCC(C)(C)C(=O)Oc1cccc2c(C(=O)OC(C)(C)C)cccc12.O=C1OCCC12CC1CCC2C1. The lowest BCUT2D eigenvalue weighted by molar-refractivity contribution is -0.225. The lowest BCUT2D eigenvalue weighted by atomic mass is 9.52. The first kappa shape index (κ1) is 52.0. The van der Waals surface area contributed by atoms with Gasteiger partial charge in [0.2, 0.25) is 0 Å². The molecule has 11 nitrogen and oxygen atoms in total. The van der Waals surface area contributed by atoms with Gasteiger partial charge in [0.15, 0.2) is 0 Å². The van der Waals surface area contributed by atoms with Crippen molar-refractivity contribution in [3.63, 3.8) is 0 Å². The normalized spacial score (nSPS) is 28.5. The monoisotopic (exact) mass is 905 g/mol. The molecule has 1 spiro atoms. The summed E-state index contributed by atoms with van der Waals surface area (Å²) in [5.41, 5.74) is -2.31. The molecule has 1 N–H and O–H groups in total. The lowest BCUT2D eigenvalue weighted by Crippen LogP contribution is -2.61. The molecule has 1 heterocycles. The van der Waals surface area contributed by atoms with Gasteiger partial charge in [0, 0.05) is 11.8 Å². The summed E-state index contributed by atoms with van der Waals surface area (Å²) in [6.07, 6.45) is 14.0. The average Bonchev–Trinajstić information content (AvgIpc) is 3.95. The minimum Gasteiger partial charge on any atom is -0.469 e. The van der Waals surface area contributed by atoms with Gasteiger partial charge in [-0.15, -0.1) is 0 Å². The zero-order valence-corrected chi connectivity index (χ0v) is 41.9. The molecule has 6 bridgehead atoms. The summed E-state index contributed by atoms with van der Waals surface area (Å²) in [7, 11) is 1.42. The molecular weight excluding hydrogens is 825 g/mol. The van der Waals surface area contributed by atoms with E-state index >= 15 is 0 Å². The van der Waals surface area contributed by atoms with Gasteiger partial charge in [0.05, 0.1) is 46.5 Å². The van der Waals surface area contributed by atoms with Gasteiger partial charge in [-0.2, -0.15) is 0 Å². The number of carbonyl (C=O) groups excluding carboxylic acids is 5. The molecule has 0 aromatic heterocycles. The highest BCUT2D eigenvalue weighted by atomic mass is 16.6. The third-order valence-corrected chi connectivity index (χ3v) is 15.6. The zero-order chi connectivity index (χ0) is 48.4. The van der Waals surface area contributed by atoms with E-state index in [1.165, 1.54) is 32.8 Å². The fourth-order valence-corrected chi connectivity index (χ4v) is 11.0. The molecule has 6 saturated carbocycles. The van der Waals surface area contributed by atoms with Crippen molar-refractivity contribution in [2.24, 2.45) is 45.3 Å². The van der Waals surface area contributed by atoms with Gasteiger partial charge in [-0.3, -0.25) is 19.2 Å². The topological polar surface area (TPSA) is 152 Å². The van der Waals surface area contributed by atoms with Crippen molar-refractivity contribution in [1.82, 2.24) is 0 Å². The van der Waals surface area contributed by atoms with Crippen molar-refractivity contribution in [1.29, 1.82) is 0 Å². The Kier molecular flexibility index (Phi) is 15.8. The number of aliphatic hydroxyl groups is 1. The number of esters is 5. The van der Waals surface area contributed by atoms with Crippen LogP contribution in [0.3, 0.4) is 0 Å². The van der Waals surface area contributed by atoms with E-state index in [9.17, 15) is 29.1 Å². The van der Waals surface area contributed by atoms with Crippen molar-refractivity contribution >= 4 is 40.6 Å². The summed E-state index contributed by atoms with van der Waals surface area (Å²) in [6.45, 7) is 23.5. The fraction of sp³-hybridized carbons (Fsp3) is 0.722. The highest BCUT2D eigenvalue weighted by Crippen LogP contribution is 2.60. The van der Waals surface area contributed by atoms with E-state index in [2.05, 4.69) is 4.74 Å². The van der Waals surface area contributed by atoms with Crippen molar-refractivity contribution in [3.05, 3.63) is 42.0 Å². The smallest absolute Gasteiger partial charge is 0.339 e. The van der Waals surface area contributed by atoms with Crippen LogP contribution in [0.25, 0.3) is 10.8 Å². The molecule has 9 rings (SSSR count). The van der Waals surface area contributed by atoms with Gasteiger partial charge < -0.3 is 28.8 Å². The Bertz CT molecular complexity index is 2040. The van der Waals surface area contributed by atoms with Gasteiger partial charge in [-0.1, -0.05) is 51.5 Å². The minimum atomic E-state index is -0.575. The molecular formula is C54H80O11. The molecule has 1 aliphatic heterocycles. The van der Waals surface area contributed by atoms with Crippen LogP contribution in [0.15, 0.2) is 36.4 Å². The second-order valence-corrected chi connectivity index (χ2v) is 23.1. The van der Waals surface area contributed by atoms with Crippen LogP contribution in [-0.4, -0.2) is 65.5 Å². The molecule has 7 fully saturated rings. The van der Waals surface area contributed by atoms with Crippen LogP contribution in [0.2, 0.25) is 0 Å². The number of cyclic esters (lactones) is 1. The molecule has 7 aliphatic rings. The summed E-state index contributed by atoms with van der Waals surface area (Å²) < 4.78 is 26.7. The summed E-state index contributed by atoms with van der Waals surface area (Å²) >= 11 is 0. The summed E-state index contributed by atoms with van der Waals surface area (Å²) in [6, 6.07) is 10.7. The van der Waals surface area contributed by atoms with E-state index in [0.29, 0.717) is 59.3 Å². The van der Waals surface area contributed by atoms with E-state index in [1.54, 1.807) is 24.3 Å². The molecule has 362 valence electrons. The maximum atomic E-state index is 12.5. The van der Waals surface area contributed by atoms with Crippen LogP contribution in [0, 0.1) is 45.3 Å². The van der Waals surface area contributed by atoms with Gasteiger partial charge in [0.1, 0.15) is 17.0 Å². The Balaban J connectivity index is 0.000000174. The Hall–Kier alpha value is -3.99. The van der Waals surface area contributed by atoms with E-state index in [4.69, 9.17) is 18.9 Å². The van der Waals surface area contributed by atoms with E-state index in [1.807, 2.05) is 95.2 Å². The van der Waals surface area contributed by atoms with Crippen molar-refractivity contribution in [2.75, 3.05) is 13.7 Å². The molecule has 5 unspecified atom stereocenters. The second-order valence-electron chi connectivity index (χ2n) is 23.1. The van der Waals surface area contributed by atoms with Crippen LogP contribution in [-0.2, 0) is 38.1 Å². The van der Waals surface area contributed by atoms with Gasteiger partial charge in [-0.05, 0) is 181 Å². The van der Waals surface area contributed by atoms with Crippen LogP contribution < -0.4 is 4.74 Å². The van der Waals surface area contributed by atoms with Gasteiger partial charge >= 0.3 is 29.8 Å². The minimum absolute atomic E-state index is 0.00289. The number of fused-ring (bicyclic) bond motifs is 4. The van der Waals surface area contributed by atoms with Crippen LogP contribution >= 0.6 is 0 Å². The predicted molar refractivity (Wildman–Crippen MR) is 251 cm³/mol. The quantitative estimate of drug-likeness (QED) is 0.145. The summed E-state index contributed by atoms with van der Waals surface area (Å²) in [5.74, 6) is 2.32. The first-order valence-corrected chi connectivity index (χ1v) is 24.4. The molecule has 5 atom stereocenters. The first-order valence-electron chi connectivity index (χ1n) is 24.4. The van der Waals surface area contributed by atoms with Gasteiger partial charge in [-0.25, -0.2) is 4.79 Å². The highest BCUT2D eigenvalue weighted by molar-refractivity contribution is 6.06. The third kappa shape index (κ3) is 11.9. The molecule has 11 heteroatoms. The Morgan fingerprint density at radius 3 is 1.75 bits per heavy atom. The number of ether oxygens (including phenoxy) is 5. The Morgan fingerprint density at radius 2 is 1.28 bits per heavy atom. The van der Waals surface area contributed by atoms with Crippen LogP contribution in [0.5, 0.6) is 5.75 Å². The number of hydrogen-bond acceptors (Lipinski definition) is 11. The maximum absolute atomic E-state index is 12.5. The molecule has 2 aromatic carbocycles. The number of hydrogen-bond donors (Lipinski definition) is 1. The van der Waals surface area contributed by atoms with Crippen molar-refractivity contribution < 1.29 is 52.8 Å². The first-order chi connectivity index (χ1) is 30.2. The van der Waals surface area contributed by atoms with Crippen molar-refractivity contribution in [2.45, 2.75) is 190 Å². The molecule has 1 saturated heterocycles. The van der Waals surface area contributed by atoms with Crippen LogP contribution in [0.1, 0.15) is 183 Å². The fourth-order valence-electron chi connectivity index (χ4n) is 11.0. The standard InChI is InChI=1S/C21H26O4.C16H26O3.C10H14O2.C7H14O2/c1-7-21(5,6)19(23)24-17-13-9-10-14-15(17)11-8-12-16(14)18(22)25-20(2,3)4;1-4-14(2,3)13(17)19-16-8-11-5-12(9-16)7-15(18,6-11)10-16;11-9-10(3-4-12-9)6-7-1-2-8(10)5-7;1-5-7(2,3)6(8)9-4/h8-13H,7H2,1-6H3;11-12,18H,4-10H2,1-3H3;7-8H,1-6H2;5H2,1-4H3. The van der Waals surface area contributed by atoms with E-state index in [0.717, 1.165) is 57.3 Å². The Labute approximate surface area is 388 Å². The lowest BCUT2D eigenvalue weighted by Gasteiger charge is -2.59. The highest BCUT2D eigenvalue weighted by Gasteiger charge is 2.60. The largest absolute Gasteiger partial charge is 0.469 e. The van der Waals surface area contributed by atoms with Crippen molar-refractivity contribution in [3.8, 4) is 5.75 Å². The number of carbonyl (C=O) groups is 5. The summed E-state index contributed by atoms with van der Waals surface area (Å²) in [5, 5.41) is 12.1. The molecule has 0 radical (unpaired) electrons. The molecule has 65 heavy (non-hydrogen) atoms. The summed E-state index contributed by atoms with van der Waals surface area (Å²) in [4.78, 5) is 59.7. The Morgan fingerprint density at radius 1 is 0.708 bits per heavy atom. The van der Waals surface area contributed by atoms with E-state index < -0.39 is 28.0 Å². The van der Waals surface area contributed by atoms with Gasteiger partial charge in [0.25, 0.3) is 0 Å².